The summed E-state index contributed by atoms with van der Waals surface area (Å²) in [4.78, 5) is 32.0. The van der Waals surface area contributed by atoms with E-state index in [1.54, 1.807) is 4.57 Å². The minimum Gasteiger partial charge on any atom is -0.348 e. The Balaban J connectivity index is 1.47. The molecule has 0 spiro atoms. The van der Waals surface area contributed by atoms with E-state index in [2.05, 4.69) is 10.3 Å². The van der Waals surface area contributed by atoms with Gasteiger partial charge in [-0.2, -0.15) is 0 Å². The first-order valence-corrected chi connectivity index (χ1v) is 10.9. The summed E-state index contributed by atoms with van der Waals surface area (Å²) in [5, 5.41) is 3.94. The fourth-order valence-electron chi connectivity index (χ4n) is 5.53. The number of carbonyl (C=O) groups is 1. The van der Waals surface area contributed by atoms with Crippen LogP contribution in [0.5, 0.6) is 0 Å². The van der Waals surface area contributed by atoms with Gasteiger partial charge < -0.3 is 11.1 Å². The summed E-state index contributed by atoms with van der Waals surface area (Å²) in [5.41, 5.74) is 7.01. The van der Waals surface area contributed by atoms with Crippen molar-refractivity contribution in [2.45, 2.75) is 70.5 Å². The molecule has 1 amide bonds. The number of aromatic nitrogens is 2. The van der Waals surface area contributed by atoms with E-state index in [1.165, 1.54) is 17.8 Å². The molecule has 27 heavy (non-hydrogen) atoms. The minimum absolute atomic E-state index is 0.0146. The van der Waals surface area contributed by atoms with Crippen LogP contribution in [0.15, 0.2) is 4.79 Å². The van der Waals surface area contributed by atoms with Gasteiger partial charge in [-0.25, -0.2) is 4.98 Å². The minimum atomic E-state index is -0.0440. The zero-order valence-electron chi connectivity index (χ0n) is 15.7. The highest BCUT2D eigenvalue weighted by Crippen LogP contribution is 2.40. The average molecular weight is 387 g/mol. The average Bonchev–Trinajstić information content (AvgIpc) is 3.21. The first kappa shape index (κ1) is 17.4. The second-order valence-electron chi connectivity index (χ2n) is 8.51. The molecule has 2 aromatic heterocycles. The zero-order chi connectivity index (χ0) is 18.7. The van der Waals surface area contributed by atoms with Crippen LogP contribution in [0.1, 0.15) is 59.6 Å². The number of hydrogen-bond donors (Lipinski definition) is 2. The maximum Gasteiger partial charge on any atom is 0.262 e. The second kappa shape index (κ2) is 6.41. The van der Waals surface area contributed by atoms with Crippen molar-refractivity contribution < 1.29 is 4.79 Å². The maximum absolute atomic E-state index is 13.1. The molecule has 1 aliphatic heterocycles. The number of carbonyl (C=O) groups excluding carboxylic acids is 1. The first-order valence-electron chi connectivity index (χ1n) is 10.1. The van der Waals surface area contributed by atoms with Crippen molar-refractivity contribution >= 4 is 27.5 Å². The van der Waals surface area contributed by atoms with Gasteiger partial charge in [0.15, 0.2) is 0 Å². The Kier molecular flexibility index (Phi) is 4.13. The second-order valence-corrected chi connectivity index (χ2v) is 9.51. The third kappa shape index (κ3) is 2.74. The van der Waals surface area contributed by atoms with Gasteiger partial charge in [-0.05, 0) is 56.4 Å². The van der Waals surface area contributed by atoms with Crippen LogP contribution in [0.25, 0.3) is 10.2 Å². The van der Waals surface area contributed by atoms with Crippen molar-refractivity contribution in [1.29, 1.82) is 0 Å². The third-order valence-electron chi connectivity index (χ3n) is 6.79. The summed E-state index contributed by atoms with van der Waals surface area (Å²) in [6.07, 6.45) is 7.35. The van der Waals surface area contributed by atoms with Crippen LogP contribution in [-0.4, -0.2) is 27.5 Å². The molecule has 2 fully saturated rings. The Hall–Kier alpha value is -1.73. The predicted octanol–water partition coefficient (Wildman–Crippen LogP) is 2.35. The lowest BCUT2D eigenvalue weighted by molar-refractivity contribution is 0.0759. The molecule has 3 N–H and O–H groups in total. The van der Waals surface area contributed by atoms with E-state index in [4.69, 9.17) is 5.73 Å². The SMILES string of the molecule is Cc1c(C(=O)NC2C3CCCC2CC(N)C3)sc2nc3n(c(=O)c12)CCC3. The predicted molar refractivity (Wildman–Crippen MR) is 106 cm³/mol. The molecule has 2 bridgehead atoms. The van der Waals surface area contributed by atoms with E-state index in [9.17, 15) is 9.59 Å². The van der Waals surface area contributed by atoms with Crippen LogP contribution in [0.4, 0.5) is 0 Å². The monoisotopic (exact) mass is 386 g/mol. The highest BCUT2D eigenvalue weighted by molar-refractivity contribution is 7.20. The molecule has 7 heteroatoms. The van der Waals surface area contributed by atoms with Crippen molar-refractivity contribution in [1.82, 2.24) is 14.9 Å². The lowest BCUT2D eigenvalue weighted by Crippen LogP contribution is -2.53. The normalized spacial score (nSPS) is 29.7. The van der Waals surface area contributed by atoms with E-state index in [0.29, 0.717) is 26.9 Å². The van der Waals surface area contributed by atoms with Gasteiger partial charge in [0, 0.05) is 25.0 Å². The fourth-order valence-corrected chi connectivity index (χ4v) is 6.63. The highest BCUT2D eigenvalue weighted by Gasteiger charge is 2.40. The van der Waals surface area contributed by atoms with Gasteiger partial charge in [-0.15, -0.1) is 11.3 Å². The van der Waals surface area contributed by atoms with Gasteiger partial charge in [-0.1, -0.05) is 6.42 Å². The van der Waals surface area contributed by atoms with Crippen molar-refractivity contribution in [3.63, 3.8) is 0 Å². The van der Waals surface area contributed by atoms with Crippen molar-refractivity contribution in [3.8, 4) is 0 Å². The number of nitrogens with one attached hydrogen (secondary N) is 1. The summed E-state index contributed by atoms with van der Waals surface area (Å²) < 4.78 is 1.77. The summed E-state index contributed by atoms with van der Waals surface area (Å²) in [5.74, 6) is 1.78. The fraction of sp³-hybridized carbons (Fsp3) is 0.650. The lowest BCUT2D eigenvalue weighted by atomic mass is 9.67. The Bertz CT molecular complexity index is 964. The number of amides is 1. The maximum atomic E-state index is 13.1. The van der Waals surface area contributed by atoms with Gasteiger partial charge >= 0.3 is 0 Å². The number of fused-ring (bicyclic) bond motifs is 4. The molecule has 0 aromatic carbocycles. The van der Waals surface area contributed by atoms with Crippen LogP contribution >= 0.6 is 11.3 Å². The topological polar surface area (TPSA) is 90.0 Å². The molecular formula is C20H26N4O2S. The summed E-state index contributed by atoms with van der Waals surface area (Å²) in [6.45, 7) is 2.62. The molecule has 6 nitrogen and oxygen atoms in total. The van der Waals surface area contributed by atoms with E-state index in [1.807, 2.05) is 6.92 Å². The largest absolute Gasteiger partial charge is 0.348 e. The highest BCUT2D eigenvalue weighted by atomic mass is 32.1. The Morgan fingerprint density at radius 1 is 1.26 bits per heavy atom. The summed E-state index contributed by atoms with van der Waals surface area (Å²) in [7, 11) is 0. The molecule has 2 atom stereocenters. The van der Waals surface area contributed by atoms with Gasteiger partial charge in [0.1, 0.15) is 10.7 Å². The zero-order valence-corrected chi connectivity index (χ0v) is 16.5. The smallest absolute Gasteiger partial charge is 0.262 e. The van der Waals surface area contributed by atoms with Crippen molar-refractivity contribution in [3.05, 3.63) is 26.6 Å². The van der Waals surface area contributed by atoms with Crippen LogP contribution in [0, 0.1) is 18.8 Å². The van der Waals surface area contributed by atoms with Crippen molar-refractivity contribution in [2.24, 2.45) is 17.6 Å². The standard InChI is InChI=1S/C20H26N4O2S/c1-10-15-19(22-14-6-3-7-24(14)20(15)26)27-17(10)18(25)23-16-11-4-2-5-12(16)9-13(21)8-11/h11-13,16H,2-9,21H2,1H3,(H,23,25). The van der Waals surface area contributed by atoms with Crippen LogP contribution in [0.2, 0.25) is 0 Å². The van der Waals surface area contributed by atoms with Gasteiger partial charge in [0.25, 0.3) is 11.5 Å². The lowest BCUT2D eigenvalue weighted by Gasteiger charge is -2.45. The molecule has 144 valence electrons. The quantitative estimate of drug-likeness (QED) is 0.829. The molecule has 2 aliphatic carbocycles. The van der Waals surface area contributed by atoms with E-state index >= 15 is 0 Å². The van der Waals surface area contributed by atoms with Crippen LogP contribution in [0.3, 0.4) is 0 Å². The molecule has 2 saturated carbocycles. The van der Waals surface area contributed by atoms with Gasteiger partial charge in [-0.3, -0.25) is 14.2 Å². The summed E-state index contributed by atoms with van der Waals surface area (Å²) in [6, 6.07) is 0.487. The number of hydrogen-bond acceptors (Lipinski definition) is 5. The number of nitrogens with two attached hydrogens (primary N) is 1. The van der Waals surface area contributed by atoms with E-state index < -0.39 is 0 Å². The van der Waals surface area contributed by atoms with Crippen LogP contribution < -0.4 is 16.6 Å². The Morgan fingerprint density at radius 3 is 2.74 bits per heavy atom. The van der Waals surface area contributed by atoms with Crippen molar-refractivity contribution in [2.75, 3.05) is 0 Å². The number of thiophene rings is 1. The molecule has 0 saturated heterocycles. The Morgan fingerprint density at radius 2 is 2.00 bits per heavy atom. The van der Waals surface area contributed by atoms with Gasteiger partial charge in [0.2, 0.25) is 0 Å². The molecule has 2 unspecified atom stereocenters. The number of nitrogens with zero attached hydrogens (tertiary/aromatic N) is 2. The first-order chi connectivity index (χ1) is 13.0. The van der Waals surface area contributed by atoms with Crippen LogP contribution in [-0.2, 0) is 13.0 Å². The van der Waals surface area contributed by atoms with E-state index in [-0.39, 0.29) is 23.6 Å². The molecule has 5 rings (SSSR count). The molecule has 0 radical (unpaired) electrons. The Labute approximate surface area is 162 Å². The number of aryl methyl sites for hydroxylation is 2. The number of rotatable bonds is 2. The van der Waals surface area contributed by atoms with Gasteiger partial charge in [0.05, 0.1) is 10.3 Å². The molecular weight excluding hydrogens is 360 g/mol. The summed E-state index contributed by atoms with van der Waals surface area (Å²) >= 11 is 1.37. The van der Waals surface area contributed by atoms with E-state index in [0.717, 1.165) is 56.5 Å². The molecule has 2 aromatic rings. The molecule has 3 heterocycles. The third-order valence-corrected chi connectivity index (χ3v) is 7.98. The molecule has 3 aliphatic rings.